The van der Waals surface area contributed by atoms with Crippen molar-refractivity contribution in [2.45, 2.75) is 25.4 Å². The molecule has 1 fully saturated rings. The van der Waals surface area contributed by atoms with E-state index in [0.717, 1.165) is 15.6 Å². The van der Waals surface area contributed by atoms with Gasteiger partial charge in [0.05, 0.1) is 28.5 Å². The van der Waals surface area contributed by atoms with E-state index in [0.29, 0.717) is 41.0 Å². The van der Waals surface area contributed by atoms with E-state index in [9.17, 15) is 19.2 Å². The summed E-state index contributed by atoms with van der Waals surface area (Å²) in [5, 5.41) is 9.39. The number of ether oxygens (including phenoxy) is 1. The van der Waals surface area contributed by atoms with Crippen LogP contribution in [-0.2, 0) is 25.4 Å². The van der Waals surface area contributed by atoms with E-state index < -0.39 is 17.2 Å². The van der Waals surface area contributed by atoms with Gasteiger partial charge in [-0.15, -0.1) is 0 Å². The summed E-state index contributed by atoms with van der Waals surface area (Å²) in [7, 11) is 4.23. The van der Waals surface area contributed by atoms with Crippen molar-refractivity contribution in [2.24, 2.45) is 14.1 Å². The Balaban J connectivity index is 1.59. The van der Waals surface area contributed by atoms with Crippen LogP contribution in [0.3, 0.4) is 0 Å². The van der Waals surface area contributed by atoms with Gasteiger partial charge in [-0.25, -0.2) is 9.78 Å². The molecule has 1 aliphatic heterocycles. The van der Waals surface area contributed by atoms with Gasteiger partial charge in [0, 0.05) is 68.7 Å². The second kappa shape index (κ2) is 13.0. The van der Waals surface area contributed by atoms with E-state index in [-0.39, 0.29) is 45.7 Å². The minimum absolute atomic E-state index is 0.0134. The molecule has 1 atom stereocenters. The number of nitrogens with one attached hydrogen (secondary N) is 3. The number of benzene rings is 1. The Morgan fingerprint density at radius 1 is 1.11 bits per heavy atom. The van der Waals surface area contributed by atoms with Crippen molar-refractivity contribution in [1.82, 2.24) is 29.7 Å². The van der Waals surface area contributed by atoms with Crippen LogP contribution < -0.4 is 31.9 Å². The smallest absolute Gasteiger partial charge is 0.330 e. The monoisotopic (exact) mass is 637 g/mol. The fourth-order valence-corrected chi connectivity index (χ4v) is 5.66. The molecule has 228 valence electrons. The molecule has 0 radical (unpaired) electrons. The minimum atomic E-state index is -0.744. The highest BCUT2D eigenvalue weighted by Crippen LogP contribution is 2.45. The highest BCUT2D eigenvalue weighted by molar-refractivity contribution is 6.39. The van der Waals surface area contributed by atoms with Gasteiger partial charge >= 0.3 is 5.69 Å². The molecule has 1 saturated heterocycles. The first-order valence-electron chi connectivity index (χ1n) is 13.7. The fraction of sp³-hybridized carbons (Fsp3) is 0.267. The molecule has 0 saturated carbocycles. The van der Waals surface area contributed by atoms with Gasteiger partial charge in [-0.05, 0) is 24.6 Å². The number of halogens is 2. The molecule has 14 heteroatoms. The lowest BCUT2D eigenvalue weighted by atomic mass is 9.97. The van der Waals surface area contributed by atoms with Crippen LogP contribution in [0.1, 0.15) is 28.8 Å². The van der Waals surface area contributed by atoms with Gasteiger partial charge in [0.25, 0.3) is 11.5 Å². The van der Waals surface area contributed by atoms with Crippen molar-refractivity contribution < 1.29 is 14.3 Å². The Bertz CT molecular complexity index is 1870. The van der Waals surface area contributed by atoms with Crippen LogP contribution in [0.2, 0.25) is 10.0 Å². The number of aromatic nitrogens is 4. The Kier molecular flexibility index (Phi) is 9.14. The molecule has 4 heterocycles. The van der Waals surface area contributed by atoms with E-state index in [4.69, 9.17) is 27.9 Å². The number of nitrogens with zero attached hydrogens (tertiary/aromatic N) is 4. The third kappa shape index (κ3) is 6.09. The Hall–Kier alpha value is -4.52. The molecule has 1 aliphatic rings. The third-order valence-corrected chi connectivity index (χ3v) is 8.06. The molecule has 3 N–H and O–H groups in total. The summed E-state index contributed by atoms with van der Waals surface area (Å²) in [5.41, 5.74) is 1.11. The summed E-state index contributed by atoms with van der Waals surface area (Å²) < 4.78 is 7.72. The number of methoxy groups -OCH3 is 1. The van der Waals surface area contributed by atoms with Gasteiger partial charge in [-0.3, -0.25) is 23.9 Å². The number of rotatable bonds is 9. The summed E-state index contributed by atoms with van der Waals surface area (Å²) in [4.78, 5) is 58.8. The molecule has 2 amide bonds. The van der Waals surface area contributed by atoms with Crippen LogP contribution in [-0.4, -0.2) is 50.6 Å². The zero-order valence-electron chi connectivity index (χ0n) is 24.1. The highest BCUT2D eigenvalue weighted by atomic mass is 35.5. The lowest BCUT2D eigenvalue weighted by Crippen LogP contribution is -2.40. The number of aryl methyl sites for hydroxylation is 1. The Morgan fingerprint density at radius 2 is 1.91 bits per heavy atom. The van der Waals surface area contributed by atoms with Gasteiger partial charge in [-0.1, -0.05) is 41.4 Å². The summed E-state index contributed by atoms with van der Waals surface area (Å²) in [6.45, 7) is 0.771. The van der Waals surface area contributed by atoms with Crippen molar-refractivity contribution in [3.8, 4) is 28.4 Å². The van der Waals surface area contributed by atoms with E-state index >= 15 is 0 Å². The van der Waals surface area contributed by atoms with Crippen molar-refractivity contribution in [1.29, 1.82) is 0 Å². The minimum Gasteiger partial charge on any atom is -0.481 e. The summed E-state index contributed by atoms with van der Waals surface area (Å²) in [6.07, 6.45) is 4.00. The summed E-state index contributed by atoms with van der Waals surface area (Å²) >= 11 is 14.0. The highest BCUT2D eigenvalue weighted by Gasteiger charge is 2.26. The quantitative estimate of drug-likeness (QED) is 0.253. The maximum atomic E-state index is 13.2. The zero-order valence-corrected chi connectivity index (χ0v) is 25.6. The summed E-state index contributed by atoms with van der Waals surface area (Å²) in [6, 6.07) is 10.4. The van der Waals surface area contributed by atoms with Gasteiger partial charge in [0.1, 0.15) is 11.3 Å². The van der Waals surface area contributed by atoms with Crippen LogP contribution >= 0.6 is 23.2 Å². The van der Waals surface area contributed by atoms with E-state index in [1.54, 1.807) is 36.5 Å². The third-order valence-electron chi connectivity index (χ3n) is 7.29. The number of hydrogen-bond donors (Lipinski definition) is 3. The van der Waals surface area contributed by atoms with Crippen LogP contribution in [0.15, 0.2) is 58.4 Å². The van der Waals surface area contributed by atoms with Crippen molar-refractivity contribution in [2.75, 3.05) is 19.0 Å². The SMILES string of the molecule is COc1nc(-c2ccccn2)c(Cl)c(-c2cccc(NC(=O)c3cn(C)c(=O)n(C)c3=O)c2Cl)c1CNC[C@@H]1CCC(=O)N1. The molecule has 0 unspecified atom stereocenters. The lowest BCUT2D eigenvalue weighted by Gasteiger charge is -2.21. The molecule has 5 rings (SSSR count). The number of pyridine rings is 2. The van der Waals surface area contributed by atoms with Gasteiger partial charge in [-0.2, -0.15) is 0 Å². The van der Waals surface area contributed by atoms with Crippen molar-refractivity contribution in [3.63, 3.8) is 0 Å². The number of carbonyl (C=O) groups is 2. The standard InChI is InChI=1S/C30H29Cl2N7O5/c1-38-15-19(29(42)39(2)30(38)43)27(41)36-20-9-6-7-17(24(20)31)23-18(14-33-13-16-10-11-22(40)35-16)28(44-3)37-26(25(23)32)21-8-4-5-12-34-21/h4-9,12,15-16,33H,10-11,13-14H2,1-3H3,(H,35,40)(H,36,41)/t16-/m0/s1. The first-order valence-corrected chi connectivity index (χ1v) is 14.4. The fourth-order valence-electron chi connectivity index (χ4n) is 5.04. The number of anilines is 1. The normalized spacial score (nSPS) is 14.4. The first-order chi connectivity index (χ1) is 21.1. The molecule has 0 bridgehead atoms. The van der Waals surface area contributed by atoms with E-state index in [1.165, 1.54) is 27.4 Å². The molecule has 44 heavy (non-hydrogen) atoms. The number of hydrogen-bond acceptors (Lipinski definition) is 8. The molecule has 12 nitrogen and oxygen atoms in total. The van der Waals surface area contributed by atoms with Crippen LogP contribution in [0.4, 0.5) is 5.69 Å². The average Bonchev–Trinajstić information content (AvgIpc) is 3.44. The van der Waals surface area contributed by atoms with Crippen molar-refractivity contribution >= 4 is 40.7 Å². The van der Waals surface area contributed by atoms with E-state index in [1.807, 2.05) is 6.07 Å². The molecule has 0 spiro atoms. The number of amides is 2. The predicted octanol–water partition coefficient (Wildman–Crippen LogP) is 3.14. The van der Waals surface area contributed by atoms with Crippen LogP contribution in [0.5, 0.6) is 5.88 Å². The Morgan fingerprint density at radius 3 is 2.59 bits per heavy atom. The van der Waals surface area contributed by atoms with Gasteiger partial charge in [0.15, 0.2) is 0 Å². The average molecular weight is 639 g/mol. The van der Waals surface area contributed by atoms with Crippen LogP contribution in [0, 0.1) is 0 Å². The largest absolute Gasteiger partial charge is 0.481 e. The molecular weight excluding hydrogens is 609 g/mol. The van der Waals surface area contributed by atoms with Gasteiger partial charge in [0.2, 0.25) is 11.8 Å². The lowest BCUT2D eigenvalue weighted by molar-refractivity contribution is -0.119. The maximum Gasteiger partial charge on any atom is 0.330 e. The Labute approximate surface area is 262 Å². The van der Waals surface area contributed by atoms with E-state index in [2.05, 4.69) is 25.9 Å². The van der Waals surface area contributed by atoms with Gasteiger partial charge < -0.3 is 25.3 Å². The zero-order chi connectivity index (χ0) is 31.5. The topological polar surface area (TPSA) is 149 Å². The van der Waals surface area contributed by atoms with Crippen LogP contribution in [0.25, 0.3) is 22.5 Å². The second-order valence-electron chi connectivity index (χ2n) is 10.2. The molecule has 4 aromatic rings. The molecule has 1 aromatic carbocycles. The predicted molar refractivity (Wildman–Crippen MR) is 167 cm³/mol. The summed E-state index contributed by atoms with van der Waals surface area (Å²) in [5.74, 6) is -0.443. The molecular formula is C30H29Cl2N7O5. The number of carbonyl (C=O) groups excluding carboxylic acids is 2. The molecule has 3 aromatic heterocycles. The molecule has 0 aliphatic carbocycles. The second-order valence-corrected chi connectivity index (χ2v) is 11.0. The van der Waals surface area contributed by atoms with Crippen molar-refractivity contribution in [3.05, 3.63) is 90.8 Å². The first kappa shape index (κ1) is 30.9. The maximum absolute atomic E-state index is 13.2.